The smallest absolute Gasteiger partial charge is 0.259 e. The molecule has 2 N–H and O–H groups in total. The molecule has 0 aliphatic carbocycles. The van der Waals surface area contributed by atoms with E-state index >= 15 is 0 Å². The number of hydrogen-bond donors (Lipinski definition) is 2. The fourth-order valence-corrected chi connectivity index (χ4v) is 4.10. The third-order valence-corrected chi connectivity index (χ3v) is 6.06. The molecule has 0 bridgehead atoms. The van der Waals surface area contributed by atoms with Crippen molar-refractivity contribution < 1.29 is 9.59 Å². The molecule has 0 radical (unpaired) electrons. The van der Waals surface area contributed by atoms with Gasteiger partial charge in [0.1, 0.15) is 0 Å². The first-order chi connectivity index (χ1) is 16.0. The second kappa shape index (κ2) is 10.2. The summed E-state index contributed by atoms with van der Waals surface area (Å²) in [6.45, 7) is 6.92. The van der Waals surface area contributed by atoms with Crippen LogP contribution in [0.5, 0.6) is 0 Å². The van der Waals surface area contributed by atoms with Gasteiger partial charge in [0.2, 0.25) is 0 Å². The van der Waals surface area contributed by atoms with Gasteiger partial charge in [-0.25, -0.2) is 4.68 Å². The Bertz CT molecular complexity index is 1150. The van der Waals surface area contributed by atoms with Crippen LogP contribution in [0.1, 0.15) is 45.3 Å². The molecule has 1 saturated heterocycles. The summed E-state index contributed by atoms with van der Waals surface area (Å²) in [5.74, 6) is -0.261. The summed E-state index contributed by atoms with van der Waals surface area (Å²) in [7, 11) is 0. The monoisotopic (exact) mass is 465 g/mol. The normalized spacial score (nSPS) is 13.7. The number of carbonyl (C=O) groups is 2. The van der Waals surface area contributed by atoms with Crippen molar-refractivity contribution >= 4 is 29.1 Å². The second-order valence-electron chi connectivity index (χ2n) is 8.17. The first kappa shape index (κ1) is 23.0. The zero-order chi connectivity index (χ0) is 23.4. The minimum absolute atomic E-state index is 0.0192. The molecule has 0 atom stereocenters. The molecule has 1 aliphatic rings. The lowest BCUT2D eigenvalue weighted by molar-refractivity contribution is 0.0735. The fraction of sp³-hybridized carbons (Fsp3) is 0.320. The Morgan fingerprint density at radius 1 is 1.12 bits per heavy atom. The minimum Gasteiger partial charge on any atom is -0.336 e. The molecule has 2 aromatic carbocycles. The standard InChI is InChI=1S/C25H28ClN5O2/c1-3-4-23-21(16-28-31(23)20-9-7-19(26)8-10-20)24(32)29-22-15-18(6-5-17(22)2)25(33)30-13-11-27-12-14-30/h5-10,15-16,27H,3-4,11-14H2,1-2H3,(H,29,32). The van der Waals surface area contributed by atoms with Crippen LogP contribution in [-0.4, -0.2) is 52.7 Å². The van der Waals surface area contributed by atoms with E-state index in [1.54, 1.807) is 29.1 Å². The van der Waals surface area contributed by atoms with Gasteiger partial charge in [0.25, 0.3) is 11.8 Å². The summed E-state index contributed by atoms with van der Waals surface area (Å²) in [4.78, 5) is 28.0. The van der Waals surface area contributed by atoms with Crippen LogP contribution in [0.25, 0.3) is 5.69 Å². The van der Waals surface area contributed by atoms with Crippen LogP contribution in [0, 0.1) is 6.92 Å². The molecular weight excluding hydrogens is 438 g/mol. The first-order valence-corrected chi connectivity index (χ1v) is 11.6. The molecule has 0 saturated carbocycles. The molecule has 2 amide bonds. The molecule has 33 heavy (non-hydrogen) atoms. The number of amides is 2. The lowest BCUT2D eigenvalue weighted by Gasteiger charge is -2.27. The molecule has 0 unspecified atom stereocenters. The number of nitrogens with zero attached hydrogens (tertiary/aromatic N) is 3. The molecule has 2 heterocycles. The number of piperazine rings is 1. The number of aryl methyl sites for hydroxylation is 1. The van der Waals surface area contributed by atoms with Gasteiger partial charge in [-0.05, 0) is 55.3 Å². The Morgan fingerprint density at radius 3 is 2.55 bits per heavy atom. The van der Waals surface area contributed by atoms with E-state index in [9.17, 15) is 9.59 Å². The predicted octanol–water partition coefficient (Wildman–Crippen LogP) is 4.08. The number of nitrogens with one attached hydrogen (secondary N) is 2. The molecule has 1 fully saturated rings. The van der Waals surface area contributed by atoms with Gasteiger partial charge in [-0.15, -0.1) is 0 Å². The fourth-order valence-electron chi connectivity index (χ4n) is 3.98. The highest BCUT2D eigenvalue weighted by molar-refractivity contribution is 6.30. The molecule has 3 aromatic rings. The topological polar surface area (TPSA) is 79.3 Å². The summed E-state index contributed by atoms with van der Waals surface area (Å²) in [5.41, 5.74) is 4.29. The van der Waals surface area contributed by atoms with Gasteiger partial charge in [0.15, 0.2) is 0 Å². The lowest BCUT2D eigenvalue weighted by atomic mass is 10.1. The van der Waals surface area contributed by atoms with Crippen molar-refractivity contribution in [2.75, 3.05) is 31.5 Å². The van der Waals surface area contributed by atoms with E-state index in [0.29, 0.717) is 41.3 Å². The summed E-state index contributed by atoms with van der Waals surface area (Å²) in [6, 6.07) is 12.8. The second-order valence-corrected chi connectivity index (χ2v) is 8.61. The van der Waals surface area contributed by atoms with Gasteiger partial charge >= 0.3 is 0 Å². The minimum atomic E-state index is -0.242. The third-order valence-electron chi connectivity index (χ3n) is 5.81. The number of aromatic nitrogens is 2. The van der Waals surface area contributed by atoms with Crippen LogP contribution in [0.15, 0.2) is 48.7 Å². The Balaban J connectivity index is 1.59. The van der Waals surface area contributed by atoms with Crippen LogP contribution in [-0.2, 0) is 6.42 Å². The van der Waals surface area contributed by atoms with E-state index in [1.807, 2.05) is 36.1 Å². The van der Waals surface area contributed by atoms with Gasteiger partial charge in [-0.1, -0.05) is 31.0 Å². The van der Waals surface area contributed by atoms with E-state index in [1.165, 1.54) is 0 Å². The zero-order valence-corrected chi connectivity index (χ0v) is 19.7. The van der Waals surface area contributed by atoms with Crippen molar-refractivity contribution in [3.8, 4) is 5.69 Å². The Morgan fingerprint density at radius 2 is 1.85 bits per heavy atom. The number of benzene rings is 2. The highest BCUT2D eigenvalue weighted by Gasteiger charge is 2.21. The van der Waals surface area contributed by atoms with E-state index in [0.717, 1.165) is 36.5 Å². The Hall–Kier alpha value is -3.16. The lowest BCUT2D eigenvalue weighted by Crippen LogP contribution is -2.46. The summed E-state index contributed by atoms with van der Waals surface area (Å²) >= 11 is 6.02. The van der Waals surface area contributed by atoms with Gasteiger partial charge in [-0.2, -0.15) is 5.10 Å². The van der Waals surface area contributed by atoms with Crippen LogP contribution >= 0.6 is 11.6 Å². The average Bonchev–Trinajstić information content (AvgIpc) is 3.25. The van der Waals surface area contributed by atoms with Gasteiger partial charge in [0, 0.05) is 42.5 Å². The average molecular weight is 466 g/mol. The summed E-state index contributed by atoms with van der Waals surface area (Å²) in [6.07, 6.45) is 3.17. The quantitative estimate of drug-likeness (QED) is 0.574. The molecule has 1 aromatic heterocycles. The van der Waals surface area contributed by atoms with E-state index in [2.05, 4.69) is 22.7 Å². The maximum atomic E-state index is 13.3. The van der Waals surface area contributed by atoms with E-state index < -0.39 is 0 Å². The zero-order valence-electron chi connectivity index (χ0n) is 18.9. The highest BCUT2D eigenvalue weighted by Crippen LogP contribution is 2.23. The van der Waals surface area contributed by atoms with Crippen LogP contribution in [0.4, 0.5) is 5.69 Å². The van der Waals surface area contributed by atoms with Crippen molar-refractivity contribution in [3.63, 3.8) is 0 Å². The van der Waals surface area contributed by atoms with Gasteiger partial charge < -0.3 is 15.5 Å². The summed E-state index contributed by atoms with van der Waals surface area (Å²) in [5, 5.41) is 11.4. The third kappa shape index (κ3) is 5.10. The number of carbonyl (C=O) groups excluding carboxylic acids is 2. The van der Waals surface area contributed by atoms with Gasteiger partial charge in [0.05, 0.1) is 23.1 Å². The first-order valence-electron chi connectivity index (χ1n) is 11.2. The maximum absolute atomic E-state index is 13.3. The molecule has 4 rings (SSSR count). The predicted molar refractivity (Wildman–Crippen MR) is 130 cm³/mol. The Kier molecular flexibility index (Phi) is 7.11. The highest BCUT2D eigenvalue weighted by atomic mass is 35.5. The number of hydrogen-bond acceptors (Lipinski definition) is 4. The molecule has 172 valence electrons. The molecular formula is C25H28ClN5O2. The largest absolute Gasteiger partial charge is 0.336 e. The number of anilines is 1. The van der Waals surface area contributed by atoms with E-state index in [4.69, 9.17) is 11.6 Å². The van der Waals surface area contributed by atoms with Crippen molar-refractivity contribution in [3.05, 3.63) is 76.1 Å². The Labute approximate surface area is 198 Å². The number of rotatable bonds is 6. The molecule has 0 spiro atoms. The summed E-state index contributed by atoms with van der Waals surface area (Å²) < 4.78 is 1.78. The van der Waals surface area contributed by atoms with Crippen molar-refractivity contribution in [1.29, 1.82) is 0 Å². The number of halogens is 1. The van der Waals surface area contributed by atoms with E-state index in [-0.39, 0.29) is 11.8 Å². The van der Waals surface area contributed by atoms with Gasteiger partial charge in [-0.3, -0.25) is 9.59 Å². The van der Waals surface area contributed by atoms with Crippen molar-refractivity contribution in [1.82, 2.24) is 20.0 Å². The van der Waals surface area contributed by atoms with Crippen LogP contribution in [0.2, 0.25) is 5.02 Å². The molecule has 8 heteroatoms. The molecule has 7 nitrogen and oxygen atoms in total. The van der Waals surface area contributed by atoms with Crippen molar-refractivity contribution in [2.24, 2.45) is 0 Å². The van der Waals surface area contributed by atoms with Crippen molar-refractivity contribution in [2.45, 2.75) is 26.7 Å². The SMILES string of the molecule is CCCc1c(C(=O)Nc2cc(C(=O)N3CCNCC3)ccc2C)cnn1-c1ccc(Cl)cc1. The maximum Gasteiger partial charge on any atom is 0.259 e. The van der Waals surface area contributed by atoms with Crippen LogP contribution in [0.3, 0.4) is 0 Å². The molecule has 1 aliphatic heterocycles. The van der Waals surface area contributed by atoms with Crippen LogP contribution < -0.4 is 10.6 Å².